The highest BCUT2D eigenvalue weighted by Gasteiger charge is 2.37. The average molecular weight is 326 g/mol. The molecule has 0 unspecified atom stereocenters. The average Bonchev–Trinajstić information content (AvgIpc) is 2.54. The van der Waals surface area contributed by atoms with Crippen LogP contribution in [0.25, 0.3) is 0 Å². The number of halogens is 1. The van der Waals surface area contributed by atoms with E-state index in [0.717, 1.165) is 0 Å². The molecule has 0 aliphatic carbocycles. The highest BCUT2D eigenvalue weighted by Crippen LogP contribution is 2.34. The Labute approximate surface area is 120 Å². The van der Waals surface area contributed by atoms with Crippen LogP contribution in [-0.4, -0.2) is 30.4 Å². The van der Waals surface area contributed by atoms with Crippen molar-refractivity contribution in [3.05, 3.63) is 28.2 Å². The normalized spacial score (nSPS) is 15.1. The van der Waals surface area contributed by atoms with Gasteiger partial charge in [-0.25, -0.2) is 0 Å². The Bertz CT molecular complexity index is 534. The number of rotatable bonds is 3. The molecule has 0 fully saturated rings. The summed E-state index contributed by atoms with van der Waals surface area (Å²) in [6, 6.07) is 5.35. The van der Waals surface area contributed by atoms with Gasteiger partial charge in [0.15, 0.2) is 0 Å². The molecule has 1 amide bonds. The molecule has 0 radical (unpaired) electrons. The zero-order chi connectivity index (χ0) is 14.2. The molecule has 1 aliphatic heterocycles. The number of hydrogen-bond donors (Lipinski definition) is 0. The van der Waals surface area contributed by atoms with E-state index in [1.165, 1.54) is 4.90 Å². The summed E-state index contributed by atoms with van der Waals surface area (Å²) in [6.45, 7) is 6.64. The summed E-state index contributed by atoms with van der Waals surface area (Å²) in [7, 11) is 0. The molecular weight excluding hydrogens is 310 g/mol. The van der Waals surface area contributed by atoms with Gasteiger partial charge in [0.2, 0.25) is 0 Å². The summed E-state index contributed by atoms with van der Waals surface area (Å²) in [6.07, 6.45) is 0. The maximum Gasteiger partial charge on any atom is 0.299 e. The standard InChI is InChI=1S/C14H16BrNO3/c1-14(2,3)19-8-7-16-10-6-4-5-9(15)11(10)12(17)13(16)18/h4-6H,7-8H2,1-3H3. The van der Waals surface area contributed by atoms with E-state index in [0.29, 0.717) is 28.9 Å². The summed E-state index contributed by atoms with van der Waals surface area (Å²) < 4.78 is 6.26. The first kappa shape index (κ1) is 14.2. The van der Waals surface area contributed by atoms with Gasteiger partial charge in [0.05, 0.1) is 23.5 Å². The number of ketones is 1. The van der Waals surface area contributed by atoms with E-state index in [2.05, 4.69) is 15.9 Å². The van der Waals surface area contributed by atoms with E-state index >= 15 is 0 Å². The minimum absolute atomic E-state index is 0.257. The van der Waals surface area contributed by atoms with E-state index in [1.54, 1.807) is 12.1 Å². The fourth-order valence-corrected chi connectivity index (χ4v) is 2.50. The molecule has 0 N–H and O–H groups in total. The van der Waals surface area contributed by atoms with Gasteiger partial charge in [-0.3, -0.25) is 9.59 Å². The molecule has 19 heavy (non-hydrogen) atoms. The molecule has 0 spiro atoms. The van der Waals surface area contributed by atoms with Gasteiger partial charge >= 0.3 is 0 Å². The molecule has 4 nitrogen and oxygen atoms in total. The van der Waals surface area contributed by atoms with Gasteiger partial charge in [-0.05, 0) is 48.8 Å². The van der Waals surface area contributed by atoms with Gasteiger partial charge in [0.1, 0.15) is 0 Å². The Morgan fingerprint density at radius 3 is 2.58 bits per heavy atom. The lowest BCUT2D eigenvalue weighted by Crippen LogP contribution is -2.34. The molecule has 0 bridgehead atoms. The third-order valence-electron chi connectivity index (χ3n) is 2.80. The van der Waals surface area contributed by atoms with Gasteiger partial charge in [-0.15, -0.1) is 0 Å². The molecule has 0 saturated heterocycles. The van der Waals surface area contributed by atoms with Crippen LogP contribution in [0.1, 0.15) is 31.1 Å². The van der Waals surface area contributed by atoms with E-state index < -0.39 is 11.7 Å². The van der Waals surface area contributed by atoms with Crippen molar-refractivity contribution < 1.29 is 14.3 Å². The fourth-order valence-electron chi connectivity index (χ4n) is 1.97. The lowest BCUT2D eigenvalue weighted by atomic mass is 10.1. The highest BCUT2D eigenvalue weighted by molar-refractivity contribution is 9.10. The van der Waals surface area contributed by atoms with Crippen molar-refractivity contribution in [2.24, 2.45) is 0 Å². The quantitative estimate of drug-likeness (QED) is 0.803. The zero-order valence-corrected chi connectivity index (χ0v) is 12.8. The Kier molecular flexibility index (Phi) is 3.78. The molecule has 1 aliphatic rings. The number of hydrogen-bond acceptors (Lipinski definition) is 3. The Morgan fingerprint density at radius 1 is 1.26 bits per heavy atom. The van der Waals surface area contributed by atoms with Crippen LogP contribution in [0.2, 0.25) is 0 Å². The van der Waals surface area contributed by atoms with Gasteiger partial charge < -0.3 is 9.64 Å². The van der Waals surface area contributed by atoms with Crippen LogP contribution < -0.4 is 4.90 Å². The topological polar surface area (TPSA) is 46.6 Å². The number of amides is 1. The summed E-state index contributed by atoms with van der Waals surface area (Å²) >= 11 is 3.31. The second-order valence-electron chi connectivity index (χ2n) is 5.38. The van der Waals surface area contributed by atoms with Crippen molar-refractivity contribution in [2.75, 3.05) is 18.1 Å². The molecule has 1 aromatic carbocycles. The number of Topliss-reactive ketones (excluding diaryl/α,β-unsaturated/α-hetero) is 1. The first-order valence-corrected chi connectivity index (χ1v) is 6.89. The summed E-state index contributed by atoms with van der Waals surface area (Å²) in [4.78, 5) is 25.4. The monoisotopic (exact) mass is 325 g/mol. The summed E-state index contributed by atoms with van der Waals surface area (Å²) in [5, 5.41) is 0. The first-order chi connectivity index (χ1) is 8.81. The number of benzene rings is 1. The number of nitrogens with zero attached hydrogens (tertiary/aromatic N) is 1. The third-order valence-corrected chi connectivity index (χ3v) is 3.46. The van der Waals surface area contributed by atoms with Crippen LogP contribution in [0.4, 0.5) is 5.69 Å². The largest absolute Gasteiger partial charge is 0.374 e. The lowest BCUT2D eigenvalue weighted by Gasteiger charge is -2.22. The fraction of sp³-hybridized carbons (Fsp3) is 0.429. The van der Waals surface area contributed by atoms with E-state index in [9.17, 15) is 9.59 Å². The van der Waals surface area contributed by atoms with Gasteiger partial charge in [-0.2, -0.15) is 0 Å². The predicted octanol–water partition coefficient (Wildman–Crippen LogP) is 2.79. The van der Waals surface area contributed by atoms with Crippen LogP contribution in [-0.2, 0) is 9.53 Å². The van der Waals surface area contributed by atoms with Crippen LogP contribution in [0.5, 0.6) is 0 Å². The number of ether oxygens (including phenoxy) is 1. The Hall–Kier alpha value is -1.20. The molecular formula is C14H16BrNO3. The molecule has 1 heterocycles. The summed E-state index contributed by atoms with van der Waals surface area (Å²) in [5.74, 6) is -0.947. The van der Waals surface area contributed by atoms with Gasteiger partial charge in [-0.1, -0.05) is 6.07 Å². The van der Waals surface area contributed by atoms with Gasteiger partial charge in [0.25, 0.3) is 11.7 Å². The highest BCUT2D eigenvalue weighted by atomic mass is 79.9. The number of carbonyl (C=O) groups is 2. The minimum Gasteiger partial charge on any atom is -0.374 e. The third kappa shape index (κ3) is 2.87. The molecule has 0 atom stereocenters. The maximum absolute atomic E-state index is 12.0. The molecule has 1 aromatic rings. The zero-order valence-electron chi connectivity index (χ0n) is 11.2. The maximum atomic E-state index is 12.0. The Morgan fingerprint density at radius 2 is 1.95 bits per heavy atom. The minimum atomic E-state index is -0.487. The Balaban J connectivity index is 2.18. The van der Waals surface area contributed by atoms with Gasteiger partial charge in [0, 0.05) is 11.0 Å². The smallest absolute Gasteiger partial charge is 0.299 e. The van der Waals surface area contributed by atoms with E-state index in [1.807, 2.05) is 26.8 Å². The predicted molar refractivity (Wildman–Crippen MR) is 76.5 cm³/mol. The second-order valence-corrected chi connectivity index (χ2v) is 6.24. The molecule has 2 rings (SSSR count). The second kappa shape index (κ2) is 5.06. The van der Waals surface area contributed by atoms with Crippen molar-refractivity contribution >= 4 is 33.3 Å². The van der Waals surface area contributed by atoms with E-state index in [-0.39, 0.29) is 5.60 Å². The molecule has 5 heteroatoms. The van der Waals surface area contributed by atoms with Crippen LogP contribution >= 0.6 is 15.9 Å². The van der Waals surface area contributed by atoms with Crippen molar-refractivity contribution in [1.82, 2.24) is 0 Å². The van der Waals surface area contributed by atoms with E-state index in [4.69, 9.17) is 4.74 Å². The number of carbonyl (C=O) groups excluding carboxylic acids is 2. The number of anilines is 1. The lowest BCUT2D eigenvalue weighted by molar-refractivity contribution is -0.114. The first-order valence-electron chi connectivity index (χ1n) is 6.10. The van der Waals surface area contributed by atoms with Crippen molar-refractivity contribution in [3.8, 4) is 0 Å². The van der Waals surface area contributed by atoms with Crippen LogP contribution in [0, 0.1) is 0 Å². The SMILES string of the molecule is CC(C)(C)OCCN1C(=O)C(=O)c2c(Br)cccc21. The number of fused-ring (bicyclic) bond motifs is 1. The van der Waals surface area contributed by atoms with Crippen molar-refractivity contribution in [3.63, 3.8) is 0 Å². The van der Waals surface area contributed by atoms with Crippen molar-refractivity contribution in [2.45, 2.75) is 26.4 Å². The van der Waals surface area contributed by atoms with Crippen molar-refractivity contribution in [1.29, 1.82) is 0 Å². The molecule has 102 valence electrons. The summed E-state index contributed by atoms with van der Waals surface area (Å²) in [5.41, 5.74) is 0.845. The van der Waals surface area contributed by atoms with Crippen LogP contribution in [0.3, 0.4) is 0 Å². The molecule has 0 saturated carbocycles. The molecule has 0 aromatic heterocycles. The van der Waals surface area contributed by atoms with Crippen LogP contribution in [0.15, 0.2) is 22.7 Å².